The van der Waals surface area contributed by atoms with Crippen molar-refractivity contribution in [2.24, 2.45) is 5.11 Å². The molecule has 2 aromatic heterocycles. The van der Waals surface area contributed by atoms with E-state index in [9.17, 15) is 4.79 Å². The Morgan fingerprint density at radius 3 is 1.72 bits per heavy atom. The maximum atomic E-state index is 12.1. The molecule has 2 N–H and O–H groups in total. The van der Waals surface area contributed by atoms with Gasteiger partial charge in [0.15, 0.2) is 5.65 Å². The lowest BCUT2D eigenvalue weighted by Gasteiger charge is -2.08. The van der Waals surface area contributed by atoms with E-state index in [1.165, 1.54) is 6.33 Å². The van der Waals surface area contributed by atoms with Crippen molar-refractivity contribution < 1.29 is 42.7 Å². The number of aryl methyl sites for hydroxylation is 1. The van der Waals surface area contributed by atoms with Crippen molar-refractivity contribution >= 4 is 45.2 Å². The molecule has 2 aromatic rings. The lowest BCUT2D eigenvalue weighted by atomic mass is 10.1. The summed E-state index contributed by atoms with van der Waals surface area (Å²) in [6.07, 6.45) is 5.08. The number of aromatic nitrogens is 4. The summed E-state index contributed by atoms with van der Waals surface area (Å²) in [5.74, 6) is 0.648. The van der Waals surface area contributed by atoms with Crippen LogP contribution >= 0.6 is 22.6 Å². The minimum atomic E-state index is 0.208. The molecule has 17 nitrogen and oxygen atoms in total. The van der Waals surface area contributed by atoms with Crippen LogP contribution in [-0.2, 0) is 49.2 Å². The molecule has 266 valence electrons. The average molecular weight is 781 g/mol. The molecule has 2 rings (SSSR count). The van der Waals surface area contributed by atoms with Gasteiger partial charge in [-0.1, -0.05) is 11.5 Å². The van der Waals surface area contributed by atoms with Crippen LogP contribution < -0.4 is 5.73 Å². The lowest BCUT2D eigenvalue weighted by Crippen LogP contribution is -2.15. The first kappa shape index (κ1) is 40.9. The molecule has 2 heterocycles. The molecule has 0 amide bonds. The van der Waals surface area contributed by atoms with Gasteiger partial charge < -0.3 is 43.6 Å². The maximum absolute atomic E-state index is 12.1. The number of azide groups is 1. The van der Waals surface area contributed by atoms with Crippen LogP contribution in [0.2, 0.25) is 0 Å². The largest absolute Gasteiger partial charge is 0.383 e. The summed E-state index contributed by atoms with van der Waals surface area (Å²) in [6, 6.07) is 0. The van der Waals surface area contributed by atoms with E-state index in [-0.39, 0.29) is 5.78 Å². The minimum Gasteiger partial charge on any atom is -0.383 e. The van der Waals surface area contributed by atoms with Crippen molar-refractivity contribution in [3.05, 3.63) is 20.5 Å². The van der Waals surface area contributed by atoms with Gasteiger partial charge in [0.1, 0.15) is 21.6 Å². The second-order valence-corrected chi connectivity index (χ2v) is 10.9. The summed E-state index contributed by atoms with van der Waals surface area (Å²) >= 11 is 2.14. The standard InChI is InChI=1S/C29H49IN8O9/c30-27-26-28(31)33-24-34-29(26)38(36-27)7-3-1-2-4-25(39)5-8-40-10-12-42-14-16-44-18-20-46-22-23-47-21-19-45-17-15-43-13-11-41-9-6-35-37-32/h24H,1-23H2,(H2,31,33,34). The second kappa shape index (κ2) is 28.7. The maximum Gasteiger partial charge on any atom is 0.164 e. The number of nitrogens with two attached hydrogens (primary N) is 1. The van der Waals surface area contributed by atoms with Gasteiger partial charge in [0.2, 0.25) is 0 Å². The van der Waals surface area contributed by atoms with E-state index in [4.69, 9.17) is 49.2 Å². The molecule has 18 heteroatoms. The number of rotatable bonds is 33. The topological polar surface area (TPSA) is 209 Å². The van der Waals surface area contributed by atoms with Gasteiger partial charge in [-0.2, -0.15) is 5.10 Å². The fourth-order valence-corrected chi connectivity index (χ4v) is 4.78. The number of hydrogen-bond acceptors (Lipinski definition) is 14. The van der Waals surface area contributed by atoms with Crippen LogP contribution in [0, 0.1) is 3.70 Å². The van der Waals surface area contributed by atoms with Crippen LogP contribution in [-0.4, -0.2) is 138 Å². The Balaban J connectivity index is 1.23. The average Bonchev–Trinajstić information content (AvgIpc) is 3.40. The van der Waals surface area contributed by atoms with Gasteiger partial charge in [0.05, 0.1) is 111 Å². The van der Waals surface area contributed by atoms with Crippen molar-refractivity contribution in [3.8, 4) is 0 Å². The number of nitrogens with zero attached hydrogens (tertiary/aromatic N) is 7. The first-order valence-corrected chi connectivity index (χ1v) is 17.0. The van der Waals surface area contributed by atoms with Crippen molar-refractivity contribution in [2.75, 3.05) is 118 Å². The van der Waals surface area contributed by atoms with Crippen LogP contribution in [0.15, 0.2) is 11.4 Å². The highest BCUT2D eigenvalue weighted by Crippen LogP contribution is 2.22. The molecule has 0 spiro atoms. The monoisotopic (exact) mass is 780 g/mol. The van der Waals surface area contributed by atoms with E-state index in [1.807, 2.05) is 4.68 Å². The minimum absolute atomic E-state index is 0.208. The summed E-state index contributed by atoms with van der Waals surface area (Å²) in [6.45, 7) is 8.46. The van der Waals surface area contributed by atoms with Crippen molar-refractivity contribution in [1.29, 1.82) is 0 Å². The summed E-state index contributed by atoms with van der Waals surface area (Å²) in [5, 5.41) is 8.67. The molecule has 0 aliphatic carbocycles. The third-order valence-corrected chi connectivity index (χ3v) is 7.12. The van der Waals surface area contributed by atoms with Crippen LogP contribution in [0.4, 0.5) is 5.82 Å². The molecule has 0 radical (unpaired) electrons. The van der Waals surface area contributed by atoms with Crippen molar-refractivity contribution in [2.45, 2.75) is 38.6 Å². The van der Waals surface area contributed by atoms with Gasteiger partial charge >= 0.3 is 0 Å². The number of carbonyl (C=O) groups is 1. The Hall–Kier alpha value is -2.26. The number of carbonyl (C=O) groups excluding carboxylic acids is 1. The number of ether oxygens (including phenoxy) is 8. The number of fused-ring (bicyclic) bond motifs is 1. The van der Waals surface area contributed by atoms with E-state index >= 15 is 0 Å². The van der Waals surface area contributed by atoms with Crippen LogP contribution in [0.25, 0.3) is 21.5 Å². The number of unbranched alkanes of at least 4 members (excludes halogenated alkanes) is 2. The summed E-state index contributed by atoms with van der Waals surface area (Å²) < 4.78 is 46.0. The molecule has 0 fully saturated rings. The molecule has 0 unspecified atom stereocenters. The van der Waals surface area contributed by atoms with Gasteiger partial charge in [0.25, 0.3) is 0 Å². The Morgan fingerprint density at radius 1 is 0.723 bits per heavy atom. The normalized spacial score (nSPS) is 11.3. The Kier molecular flexibility index (Phi) is 25.0. The van der Waals surface area contributed by atoms with Crippen molar-refractivity contribution in [1.82, 2.24) is 19.7 Å². The molecule has 0 aliphatic heterocycles. The van der Waals surface area contributed by atoms with Crippen LogP contribution in [0.5, 0.6) is 0 Å². The molecule has 0 aromatic carbocycles. The highest BCUT2D eigenvalue weighted by atomic mass is 127. The molecule has 47 heavy (non-hydrogen) atoms. The number of halogens is 1. The Labute approximate surface area is 289 Å². The van der Waals surface area contributed by atoms with Gasteiger partial charge in [-0.05, 0) is 41.0 Å². The molecule has 0 saturated carbocycles. The predicted octanol–water partition coefficient (Wildman–Crippen LogP) is 2.98. The molecular weight excluding hydrogens is 731 g/mol. The molecular formula is C29H49IN8O9. The molecule has 0 atom stereocenters. The third-order valence-electron chi connectivity index (χ3n) is 6.37. The number of ketones is 1. The fraction of sp³-hybridized carbons (Fsp3) is 0.793. The Morgan fingerprint density at radius 2 is 1.21 bits per heavy atom. The SMILES string of the molecule is [N-]=[N+]=NCCOCCOCCOCCOCCOCCOCCOCCOCCC(=O)CCCCCn1nc(I)c2c(N)ncnc21. The molecule has 0 aliphatic rings. The van der Waals surface area contributed by atoms with E-state index in [0.29, 0.717) is 131 Å². The summed E-state index contributed by atoms with van der Waals surface area (Å²) in [4.78, 5) is 23.1. The van der Waals surface area contributed by atoms with Crippen LogP contribution in [0.3, 0.4) is 0 Å². The molecule has 0 bridgehead atoms. The lowest BCUT2D eigenvalue weighted by molar-refractivity contribution is -0.120. The second-order valence-electron chi connectivity index (χ2n) is 9.92. The number of Topliss-reactive ketones (excluding diaryl/α,β-unsaturated/α-hetero) is 1. The van der Waals surface area contributed by atoms with Crippen LogP contribution in [0.1, 0.15) is 32.1 Å². The zero-order valence-corrected chi connectivity index (χ0v) is 29.3. The number of nitrogen functional groups attached to an aromatic ring is 1. The quantitative estimate of drug-likeness (QED) is 0.0364. The van der Waals surface area contributed by atoms with Gasteiger partial charge in [-0.25, -0.2) is 14.6 Å². The highest BCUT2D eigenvalue weighted by Gasteiger charge is 2.13. The van der Waals surface area contributed by atoms with E-state index in [1.54, 1.807) is 0 Å². The third kappa shape index (κ3) is 20.7. The first-order chi connectivity index (χ1) is 23.1. The smallest absolute Gasteiger partial charge is 0.164 e. The Bertz CT molecular complexity index is 1140. The zero-order chi connectivity index (χ0) is 33.6. The highest BCUT2D eigenvalue weighted by molar-refractivity contribution is 14.1. The summed E-state index contributed by atoms with van der Waals surface area (Å²) in [7, 11) is 0. The predicted molar refractivity (Wildman–Crippen MR) is 181 cm³/mol. The van der Waals surface area contributed by atoms with E-state index in [2.05, 4.69) is 47.7 Å². The van der Waals surface area contributed by atoms with E-state index in [0.717, 1.165) is 40.5 Å². The van der Waals surface area contributed by atoms with Gasteiger partial charge in [0, 0.05) is 30.8 Å². The van der Waals surface area contributed by atoms with E-state index < -0.39 is 0 Å². The van der Waals surface area contributed by atoms with Crippen molar-refractivity contribution in [3.63, 3.8) is 0 Å². The van der Waals surface area contributed by atoms with Gasteiger partial charge in [-0.15, -0.1) is 0 Å². The zero-order valence-electron chi connectivity index (χ0n) is 27.1. The number of hydrogen-bond donors (Lipinski definition) is 1. The fourth-order valence-electron chi connectivity index (χ4n) is 4.01. The summed E-state index contributed by atoms with van der Waals surface area (Å²) in [5.41, 5.74) is 14.8. The van der Waals surface area contributed by atoms with Gasteiger partial charge in [-0.3, -0.25) is 4.79 Å². The first-order valence-electron chi connectivity index (χ1n) is 15.9. The number of anilines is 1. The molecule has 0 saturated heterocycles.